The summed E-state index contributed by atoms with van der Waals surface area (Å²) < 4.78 is 7.23. The van der Waals surface area contributed by atoms with E-state index >= 15 is 0 Å². The molecule has 0 aliphatic carbocycles. The number of hydrogen-bond acceptors (Lipinski definition) is 3. The van der Waals surface area contributed by atoms with Crippen LogP contribution in [0.1, 0.15) is 5.56 Å². The smallest absolute Gasteiger partial charge is 0.230 e. The Morgan fingerprint density at radius 3 is 2.33 bits per heavy atom. The molecule has 2 N–H and O–H groups in total. The topological polar surface area (TPSA) is 52.0 Å². The lowest BCUT2D eigenvalue weighted by molar-refractivity contribution is 0.439. The van der Waals surface area contributed by atoms with E-state index in [9.17, 15) is 0 Å². The Bertz CT molecular complexity index is 774. The zero-order chi connectivity index (χ0) is 15.0. The quantitative estimate of drug-likeness (QED) is 0.616. The van der Waals surface area contributed by atoms with E-state index in [-0.39, 0.29) is 0 Å². The first-order valence-corrected chi connectivity index (χ1v) is 7.92. The summed E-state index contributed by atoms with van der Waals surface area (Å²) in [6, 6.07) is 14.0. The first kappa shape index (κ1) is 14.4. The highest BCUT2D eigenvalue weighted by molar-refractivity contribution is 9.10. The van der Waals surface area contributed by atoms with Gasteiger partial charge in [0, 0.05) is 14.5 Å². The Morgan fingerprint density at radius 2 is 1.67 bits per heavy atom. The normalized spacial score (nSPS) is 10.8. The van der Waals surface area contributed by atoms with Crippen molar-refractivity contribution < 1.29 is 4.52 Å². The summed E-state index contributed by atoms with van der Waals surface area (Å²) in [5.41, 5.74) is 10.6. The van der Waals surface area contributed by atoms with Crippen LogP contribution >= 0.6 is 31.9 Å². The van der Waals surface area contributed by atoms with Crippen LogP contribution < -0.4 is 5.73 Å². The molecule has 3 rings (SSSR count). The van der Waals surface area contributed by atoms with Crippen LogP contribution in [0, 0.1) is 6.92 Å². The fraction of sp³-hybridized carbons (Fsp3) is 0.0625. The number of rotatable bonds is 2. The zero-order valence-electron chi connectivity index (χ0n) is 11.2. The standard InChI is InChI=1S/C16H12Br2N2O/c1-9-6-11(8-13(18)7-9)15-14(16(19)21-20-15)10-2-4-12(17)5-3-10/h2-8H,19H2,1H3. The second-order valence-corrected chi connectivity index (χ2v) is 6.63. The first-order valence-electron chi connectivity index (χ1n) is 6.33. The molecule has 0 radical (unpaired) electrons. The van der Waals surface area contributed by atoms with Gasteiger partial charge < -0.3 is 10.3 Å². The van der Waals surface area contributed by atoms with Crippen molar-refractivity contribution in [2.75, 3.05) is 5.73 Å². The van der Waals surface area contributed by atoms with Crippen LogP contribution in [-0.2, 0) is 0 Å². The van der Waals surface area contributed by atoms with Crippen molar-refractivity contribution in [2.24, 2.45) is 0 Å². The minimum absolute atomic E-state index is 0.324. The Labute approximate surface area is 139 Å². The highest BCUT2D eigenvalue weighted by atomic mass is 79.9. The van der Waals surface area contributed by atoms with Crippen molar-refractivity contribution in [2.45, 2.75) is 6.92 Å². The molecular weight excluding hydrogens is 396 g/mol. The van der Waals surface area contributed by atoms with Crippen LogP contribution in [0.25, 0.3) is 22.4 Å². The molecule has 5 heteroatoms. The average Bonchev–Trinajstić information content (AvgIpc) is 2.80. The summed E-state index contributed by atoms with van der Waals surface area (Å²) in [5.74, 6) is 0.324. The maximum Gasteiger partial charge on any atom is 0.230 e. The zero-order valence-corrected chi connectivity index (χ0v) is 14.4. The van der Waals surface area contributed by atoms with Gasteiger partial charge in [-0.2, -0.15) is 0 Å². The number of benzene rings is 2. The van der Waals surface area contributed by atoms with Crippen molar-refractivity contribution in [3.63, 3.8) is 0 Å². The Balaban J connectivity index is 2.19. The van der Waals surface area contributed by atoms with Gasteiger partial charge in [-0.1, -0.05) is 49.1 Å². The average molecular weight is 408 g/mol. The maximum absolute atomic E-state index is 5.97. The maximum atomic E-state index is 5.97. The summed E-state index contributed by atoms with van der Waals surface area (Å²) in [6.07, 6.45) is 0. The third-order valence-corrected chi connectivity index (χ3v) is 4.15. The molecule has 0 aliphatic heterocycles. The molecule has 21 heavy (non-hydrogen) atoms. The van der Waals surface area contributed by atoms with Gasteiger partial charge in [0.2, 0.25) is 5.88 Å². The van der Waals surface area contributed by atoms with Gasteiger partial charge in [0.1, 0.15) is 5.69 Å². The second kappa shape index (κ2) is 5.66. The highest BCUT2D eigenvalue weighted by Gasteiger charge is 2.17. The molecule has 0 bridgehead atoms. The minimum atomic E-state index is 0.324. The lowest BCUT2D eigenvalue weighted by atomic mass is 10.00. The minimum Gasteiger partial charge on any atom is -0.367 e. The largest absolute Gasteiger partial charge is 0.367 e. The Kier molecular flexibility index (Phi) is 3.87. The van der Waals surface area contributed by atoms with Crippen LogP contribution in [0.15, 0.2) is 55.9 Å². The molecule has 0 fully saturated rings. The molecule has 1 heterocycles. The van der Waals surface area contributed by atoms with E-state index in [2.05, 4.69) is 43.1 Å². The first-order chi connectivity index (χ1) is 10.0. The van der Waals surface area contributed by atoms with E-state index in [1.807, 2.05) is 43.3 Å². The third-order valence-electron chi connectivity index (χ3n) is 3.17. The molecule has 3 nitrogen and oxygen atoms in total. The van der Waals surface area contributed by atoms with Gasteiger partial charge in [-0.3, -0.25) is 0 Å². The fourth-order valence-corrected chi connectivity index (χ4v) is 3.14. The number of hydrogen-bond donors (Lipinski definition) is 1. The van der Waals surface area contributed by atoms with Crippen LogP contribution in [0.5, 0.6) is 0 Å². The van der Waals surface area contributed by atoms with Gasteiger partial charge in [-0.25, -0.2) is 0 Å². The number of nitrogen functional groups attached to an aromatic ring is 1. The molecule has 0 unspecified atom stereocenters. The summed E-state index contributed by atoms with van der Waals surface area (Å²) in [7, 11) is 0. The second-order valence-electron chi connectivity index (χ2n) is 4.79. The summed E-state index contributed by atoms with van der Waals surface area (Å²) in [5, 5.41) is 4.13. The van der Waals surface area contributed by atoms with Crippen molar-refractivity contribution in [1.29, 1.82) is 0 Å². The van der Waals surface area contributed by atoms with E-state index in [4.69, 9.17) is 10.3 Å². The summed E-state index contributed by atoms with van der Waals surface area (Å²) >= 11 is 6.94. The molecule has 0 saturated carbocycles. The van der Waals surface area contributed by atoms with Gasteiger partial charge in [0.05, 0.1) is 5.56 Å². The SMILES string of the molecule is Cc1cc(Br)cc(-c2noc(N)c2-c2ccc(Br)cc2)c1. The van der Waals surface area contributed by atoms with Crippen molar-refractivity contribution >= 4 is 37.7 Å². The molecule has 0 aliphatic rings. The number of anilines is 1. The molecule has 2 aromatic carbocycles. The number of halogens is 2. The molecular formula is C16H12Br2N2O. The number of nitrogens with two attached hydrogens (primary N) is 1. The van der Waals surface area contributed by atoms with Gasteiger partial charge in [0.25, 0.3) is 0 Å². The Morgan fingerprint density at radius 1 is 0.952 bits per heavy atom. The van der Waals surface area contributed by atoms with E-state index in [1.165, 1.54) is 0 Å². The lowest BCUT2D eigenvalue weighted by Crippen LogP contribution is -1.88. The highest BCUT2D eigenvalue weighted by Crippen LogP contribution is 2.37. The molecule has 0 saturated heterocycles. The van der Waals surface area contributed by atoms with E-state index in [0.717, 1.165) is 36.9 Å². The lowest BCUT2D eigenvalue weighted by Gasteiger charge is -2.05. The van der Waals surface area contributed by atoms with Crippen LogP contribution in [0.2, 0.25) is 0 Å². The molecule has 0 atom stereocenters. The summed E-state index contributed by atoms with van der Waals surface area (Å²) in [6.45, 7) is 2.04. The van der Waals surface area contributed by atoms with E-state index in [0.29, 0.717) is 5.88 Å². The molecule has 0 spiro atoms. The molecule has 1 aromatic heterocycles. The monoisotopic (exact) mass is 406 g/mol. The molecule has 3 aromatic rings. The number of aromatic nitrogens is 1. The molecule has 106 valence electrons. The van der Waals surface area contributed by atoms with E-state index < -0.39 is 0 Å². The molecule has 0 amide bonds. The predicted octanol–water partition coefficient (Wildman–Crippen LogP) is 5.42. The summed E-state index contributed by atoms with van der Waals surface area (Å²) in [4.78, 5) is 0. The van der Waals surface area contributed by atoms with Crippen molar-refractivity contribution in [3.05, 3.63) is 57.0 Å². The van der Waals surface area contributed by atoms with Crippen LogP contribution in [0.4, 0.5) is 5.88 Å². The van der Waals surface area contributed by atoms with Gasteiger partial charge >= 0.3 is 0 Å². The fourth-order valence-electron chi connectivity index (χ4n) is 2.27. The number of nitrogens with zero attached hydrogens (tertiary/aromatic N) is 1. The van der Waals surface area contributed by atoms with Crippen LogP contribution in [-0.4, -0.2) is 5.16 Å². The van der Waals surface area contributed by atoms with Gasteiger partial charge in [-0.15, -0.1) is 0 Å². The Hall–Kier alpha value is -1.59. The van der Waals surface area contributed by atoms with Crippen molar-refractivity contribution in [1.82, 2.24) is 5.16 Å². The predicted molar refractivity (Wildman–Crippen MR) is 91.9 cm³/mol. The van der Waals surface area contributed by atoms with Gasteiger partial charge in [0.15, 0.2) is 0 Å². The van der Waals surface area contributed by atoms with E-state index in [1.54, 1.807) is 0 Å². The van der Waals surface area contributed by atoms with Crippen molar-refractivity contribution in [3.8, 4) is 22.4 Å². The number of aryl methyl sites for hydroxylation is 1. The van der Waals surface area contributed by atoms with Crippen LogP contribution in [0.3, 0.4) is 0 Å². The van der Waals surface area contributed by atoms with Gasteiger partial charge in [-0.05, 0) is 48.4 Å². The third kappa shape index (κ3) is 2.89.